The van der Waals surface area contributed by atoms with Crippen LogP contribution in [0.1, 0.15) is 11.1 Å². The number of nitrogens with one attached hydrogen (secondary N) is 1. The van der Waals surface area contributed by atoms with Gasteiger partial charge in [0.2, 0.25) is 0 Å². The Morgan fingerprint density at radius 3 is 2.87 bits per heavy atom. The van der Waals surface area contributed by atoms with Gasteiger partial charge in [0, 0.05) is 30.9 Å². The zero-order chi connectivity index (χ0) is 15.8. The number of anilines is 1. The molecule has 0 saturated carbocycles. The molecule has 0 saturated heterocycles. The largest absolute Gasteiger partial charge is 0.381 e. The molecule has 5 nitrogen and oxygen atoms in total. The monoisotopic (exact) mass is 303 g/mol. The van der Waals surface area contributed by atoms with E-state index in [2.05, 4.69) is 51.8 Å². The van der Waals surface area contributed by atoms with Gasteiger partial charge in [0.15, 0.2) is 0 Å². The van der Waals surface area contributed by atoms with Crippen LogP contribution in [0.2, 0.25) is 0 Å². The van der Waals surface area contributed by atoms with Crippen molar-refractivity contribution in [3.8, 4) is 0 Å². The van der Waals surface area contributed by atoms with Gasteiger partial charge < -0.3 is 5.32 Å². The van der Waals surface area contributed by atoms with Gasteiger partial charge in [-0.05, 0) is 48.9 Å². The van der Waals surface area contributed by atoms with Crippen molar-refractivity contribution in [2.24, 2.45) is 7.05 Å². The number of rotatable bonds is 3. The molecule has 4 aromatic rings. The van der Waals surface area contributed by atoms with E-state index in [4.69, 9.17) is 0 Å². The van der Waals surface area contributed by atoms with Gasteiger partial charge in [-0.2, -0.15) is 0 Å². The van der Waals surface area contributed by atoms with Crippen LogP contribution in [-0.2, 0) is 13.6 Å². The van der Waals surface area contributed by atoms with Crippen molar-refractivity contribution in [2.75, 3.05) is 5.32 Å². The molecule has 0 bridgehead atoms. The Morgan fingerprint density at radius 2 is 1.96 bits per heavy atom. The van der Waals surface area contributed by atoms with Crippen molar-refractivity contribution < 1.29 is 0 Å². The van der Waals surface area contributed by atoms with E-state index in [0.29, 0.717) is 0 Å². The highest BCUT2D eigenvalue weighted by molar-refractivity contribution is 5.80. The van der Waals surface area contributed by atoms with E-state index >= 15 is 0 Å². The molecular formula is C18H17N5. The topological polar surface area (TPSA) is 55.6 Å². The Hall–Kier alpha value is -2.95. The molecule has 0 spiro atoms. The number of pyridine rings is 1. The summed E-state index contributed by atoms with van der Waals surface area (Å²) in [7, 11) is 1.89. The Bertz CT molecular complexity index is 1000. The summed E-state index contributed by atoms with van der Waals surface area (Å²) in [5.74, 6) is 0. The third kappa shape index (κ3) is 2.61. The quantitative estimate of drug-likeness (QED) is 0.630. The molecule has 2 aromatic carbocycles. The molecule has 0 aliphatic rings. The zero-order valence-electron chi connectivity index (χ0n) is 13.1. The summed E-state index contributed by atoms with van der Waals surface area (Å²) >= 11 is 0. The van der Waals surface area contributed by atoms with E-state index in [9.17, 15) is 0 Å². The van der Waals surface area contributed by atoms with E-state index in [-0.39, 0.29) is 0 Å². The molecule has 0 radical (unpaired) electrons. The number of aromatic nitrogens is 4. The molecular weight excluding hydrogens is 286 g/mol. The summed E-state index contributed by atoms with van der Waals surface area (Å²) in [6.07, 6.45) is 1.92. The average Bonchev–Trinajstić information content (AvgIpc) is 2.93. The van der Waals surface area contributed by atoms with Gasteiger partial charge in [-0.1, -0.05) is 16.8 Å². The zero-order valence-corrected chi connectivity index (χ0v) is 13.1. The van der Waals surface area contributed by atoms with E-state index in [1.165, 1.54) is 10.9 Å². The fraction of sp³-hybridized carbons (Fsp3) is 0.167. The van der Waals surface area contributed by atoms with Crippen LogP contribution in [0.5, 0.6) is 0 Å². The first-order valence-corrected chi connectivity index (χ1v) is 7.58. The summed E-state index contributed by atoms with van der Waals surface area (Å²) in [6, 6.07) is 14.6. The van der Waals surface area contributed by atoms with Crippen LogP contribution in [0, 0.1) is 6.92 Å². The SMILES string of the molecule is Cc1ccc2ncc(CNc3ccc4c(c3)nnn4C)cc2c1. The lowest BCUT2D eigenvalue weighted by Gasteiger charge is -2.07. The number of nitrogens with zero attached hydrogens (tertiary/aromatic N) is 4. The lowest BCUT2D eigenvalue weighted by Crippen LogP contribution is -2.00. The first kappa shape index (κ1) is 13.7. The summed E-state index contributed by atoms with van der Waals surface area (Å²) in [5.41, 5.74) is 6.38. The normalized spacial score (nSPS) is 11.2. The maximum absolute atomic E-state index is 4.52. The number of hydrogen-bond acceptors (Lipinski definition) is 4. The standard InChI is InChI=1S/C18H17N5/c1-12-3-5-16-14(7-12)8-13(11-20-16)10-19-15-4-6-18-17(9-15)21-22-23(18)2/h3-9,11,19H,10H2,1-2H3. The van der Waals surface area contributed by atoms with Crippen LogP contribution >= 0.6 is 0 Å². The first-order valence-electron chi connectivity index (χ1n) is 7.58. The second-order valence-electron chi connectivity index (χ2n) is 5.81. The maximum atomic E-state index is 4.52. The van der Waals surface area contributed by atoms with E-state index < -0.39 is 0 Å². The Morgan fingerprint density at radius 1 is 1.04 bits per heavy atom. The fourth-order valence-corrected chi connectivity index (χ4v) is 2.75. The molecule has 0 aliphatic heterocycles. The summed E-state index contributed by atoms with van der Waals surface area (Å²) < 4.78 is 1.77. The number of fused-ring (bicyclic) bond motifs is 2. The second kappa shape index (κ2) is 5.35. The van der Waals surface area contributed by atoms with Gasteiger partial charge in [0.25, 0.3) is 0 Å². The molecule has 4 rings (SSSR count). The molecule has 0 atom stereocenters. The van der Waals surface area contributed by atoms with E-state index in [1.807, 2.05) is 31.4 Å². The highest BCUT2D eigenvalue weighted by atomic mass is 15.4. The highest BCUT2D eigenvalue weighted by Crippen LogP contribution is 2.19. The molecule has 0 amide bonds. The number of benzene rings is 2. The average molecular weight is 303 g/mol. The molecule has 23 heavy (non-hydrogen) atoms. The molecule has 0 aliphatic carbocycles. The molecule has 0 fully saturated rings. The van der Waals surface area contributed by atoms with Crippen molar-refractivity contribution in [3.63, 3.8) is 0 Å². The minimum atomic E-state index is 0.725. The Labute approximate surface area is 134 Å². The number of hydrogen-bond donors (Lipinski definition) is 1. The predicted octanol–water partition coefficient (Wildman–Crippen LogP) is 3.44. The van der Waals surface area contributed by atoms with Crippen molar-refractivity contribution in [2.45, 2.75) is 13.5 Å². The smallest absolute Gasteiger partial charge is 0.115 e. The van der Waals surface area contributed by atoms with Crippen molar-refractivity contribution in [3.05, 3.63) is 59.8 Å². The molecule has 1 N–H and O–H groups in total. The minimum Gasteiger partial charge on any atom is -0.381 e. The lowest BCUT2D eigenvalue weighted by atomic mass is 10.1. The minimum absolute atomic E-state index is 0.725. The lowest BCUT2D eigenvalue weighted by molar-refractivity contribution is 0.736. The Balaban J connectivity index is 1.57. The van der Waals surface area contributed by atoms with Crippen LogP contribution in [0.25, 0.3) is 21.9 Å². The highest BCUT2D eigenvalue weighted by Gasteiger charge is 2.03. The van der Waals surface area contributed by atoms with Crippen molar-refractivity contribution in [1.29, 1.82) is 0 Å². The van der Waals surface area contributed by atoms with Crippen LogP contribution in [-0.4, -0.2) is 20.0 Å². The molecule has 2 aromatic heterocycles. The fourth-order valence-electron chi connectivity index (χ4n) is 2.75. The van der Waals surface area contributed by atoms with Gasteiger partial charge in [-0.25, -0.2) is 4.68 Å². The van der Waals surface area contributed by atoms with Gasteiger partial charge in [-0.3, -0.25) is 4.98 Å². The van der Waals surface area contributed by atoms with Crippen molar-refractivity contribution >= 4 is 27.6 Å². The van der Waals surface area contributed by atoms with Gasteiger partial charge in [0.05, 0.1) is 11.0 Å². The summed E-state index contributed by atoms with van der Waals surface area (Å²) in [6.45, 7) is 2.82. The van der Waals surface area contributed by atoms with Gasteiger partial charge in [-0.15, -0.1) is 5.10 Å². The van der Waals surface area contributed by atoms with Crippen molar-refractivity contribution in [1.82, 2.24) is 20.0 Å². The van der Waals surface area contributed by atoms with Gasteiger partial charge >= 0.3 is 0 Å². The van der Waals surface area contributed by atoms with Gasteiger partial charge in [0.1, 0.15) is 5.52 Å². The second-order valence-corrected chi connectivity index (χ2v) is 5.81. The van der Waals surface area contributed by atoms with Crippen LogP contribution < -0.4 is 5.32 Å². The first-order chi connectivity index (χ1) is 11.2. The molecule has 2 heterocycles. The molecule has 5 heteroatoms. The summed E-state index contributed by atoms with van der Waals surface area (Å²) in [4.78, 5) is 4.52. The predicted molar refractivity (Wildman–Crippen MR) is 92.3 cm³/mol. The van der Waals surface area contributed by atoms with E-state index in [0.717, 1.165) is 34.3 Å². The number of aryl methyl sites for hydroxylation is 2. The third-order valence-electron chi connectivity index (χ3n) is 4.00. The molecule has 0 unspecified atom stereocenters. The van der Waals surface area contributed by atoms with Crippen LogP contribution in [0.4, 0.5) is 5.69 Å². The van der Waals surface area contributed by atoms with Crippen LogP contribution in [0.15, 0.2) is 48.7 Å². The van der Waals surface area contributed by atoms with Crippen LogP contribution in [0.3, 0.4) is 0 Å². The Kier molecular flexibility index (Phi) is 3.19. The summed E-state index contributed by atoms with van der Waals surface area (Å²) in [5, 5.41) is 12.8. The molecule has 114 valence electrons. The van der Waals surface area contributed by atoms with E-state index in [1.54, 1.807) is 4.68 Å². The third-order valence-corrected chi connectivity index (χ3v) is 4.00. The maximum Gasteiger partial charge on any atom is 0.115 e.